The minimum atomic E-state index is 0.320. The molecule has 1 aromatic carbocycles. The SMILES string of the molecule is CC(N)CCCCOC1CCCc2ccccc21. The lowest BCUT2D eigenvalue weighted by Crippen LogP contribution is -2.15. The highest BCUT2D eigenvalue weighted by atomic mass is 16.5. The van der Waals surface area contributed by atoms with E-state index in [2.05, 4.69) is 31.2 Å². The Labute approximate surface area is 111 Å². The van der Waals surface area contributed by atoms with E-state index in [4.69, 9.17) is 10.5 Å². The maximum absolute atomic E-state index is 6.05. The highest BCUT2D eigenvalue weighted by Crippen LogP contribution is 2.32. The van der Waals surface area contributed by atoms with Crippen LogP contribution < -0.4 is 5.73 Å². The molecule has 1 aliphatic carbocycles. The van der Waals surface area contributed by atoms with Crippen LogP contribution in [-0.4, -0.2) is 12.6 Å². The summed E-state index contributed by atoms with van der Waals surface area (Å²) in [6.45, 7) is 2.93. The Morgan fingerprint density at radius 2 is 2.17 bits per heavy atom. The zero-order valence-electron chi connectivity index (χ0n) is 11.4. The van der Waals surface area contributed by atoms with Crippen LogP contribution in [0, 0.1) is 0 Å². The number of hydrogen-bond donors (Lipinski definition) is 1. The fourth-order valence-electron chi connectivity index (χ4n) is 2.68. The van der Waals surface area contributed by atoms with Gasteiger partial charge in [-0.2, -0.15) is 0 Å². The van der Waals surface area contributed by atoms with Crippen molar-refractivity contribution >= 4 is 0 Å². The van der Waals surface area contributed by atoms with Crippen molar-refractivity contribution in [2.24, 2.45) is 5.73 Å². The van der Waals surface area contributed by atoms with Crippen molar-refractivity contribution in [2.45, 2.75) is 57.6 Å². The highest BCUT2D eigenvalue weighted by molar-refractivity contribution is 5.31. The number of fused-ring (bicyclic) bond motifs is 1. The third-order valence-electron chi connectivity index (χ3n) is 3.69. The standard InChI is InChI=1S/C16H25NO/c1-13(17)7-4-5-12-18-16-11-6-9-14-8-2-3-10-15(14)16/h2-3,8,10,13,16H,4-7,9,11-12,17H2,1H3. The lowest BCUT2D eigenvalue weighted by molar-refractivity contribution is 0.0381. The summed E-state index contributed by atoms with van der Waals surface area (Å²) >= 11 is 0. The molecule has 1 aliphatic rings. The predicted octanol–water partition coefficient (Wildman–Crippen LogP) is 3.60. The first kappa shape index (κ1) is 13.6. The van der Waals surface area contributed by atoms with Gasteiger partial charge in [-0.25, -0.2) is 0 Å². The summed E-state index contributed by atoms with van der Waals surface area (Å²) in [5.74, 6) is 0. The van der Waals surface area contributed by atoms with Crippen molar-refractivity contribution in [1.82, 2.24) is 0 Å². The molecule has 0 amide bonds. The smallest absolute Gasteiger partial charge is 0.0827 e. The van der Waals surface area contributed by atoms with Crippen LogP contribution in [0.4, 0.5) is 0 Å². The normalized spacial score (nSPS) is 20.4. The van der Waals surface area contributed by atoms with Gasteiger partial charge in [-0.1, -0.05) is 24.3 Å². The Morgan fingerprint density at radius 3 is 3.00 bits per heavy atom. The van der Waals surface area contributed by atoms with Gasteiger partial charge >= 0.3 is 0 Å². The Kier molecular flexibility index (Phi) is 5.21. The van der Waals surface area contributed by atoms with Gasteiger partial charge in [0.15, 0.2) is 0 Å². The van der Waals surface area contributed by atoms with Crippen molar-refractivity contribution in [3.63, 3.8) is 0 Å². The van der Waals surface area contributed by atoms with Gasteiger partial charge < -0.3 is 10.5 Å². The third-order valence-corrected chi connectivity index (χ3v) is 3.69. The lowest BCUT2D eigenvalue weighted by Gasteiger charge is -2.25. The van der Waals surface area contributed by atoms with Gasteiger partial charge in [0.05, 0.1) is 6.10 Å². The first-order valence-corrected chi connectivity index (χ1v) is 7.22. The number of nitrogens with two attached hydrogens (primary N) is 1. The summed E-state index contributed by atoms with van der Waals surface area (Å²) in [7, 11) is 0. The summed E-state index contributed by atoms with van der Waals surface area (Å²) < 4.78 is 6.05. The Morgan fingerprint density at radius 1 is 1.33 bits per heavy atom. The van der Waals surface area contributed by atoms with Gasteiger partial charge in [0.25, 0.3) is 0 Å². The molecule has 2 rings (SSSR count). The second kappa shape index (κ2) is 6.91. The molecular weight excluding hydrogens is 222 g/mol. The molecule has 0 aromatic heterocycles. The Bertz CT molecular complexity index is 362. The Hall–Kier alpha value is -0.860. The van der Waals surface area contributed by atoms with Crippen molar-refractivity contribution in [3.8, 4) is 0 Å². The van der Waals surface area contributed by atoms with Gasteiger partial charge in [0.2, 0.25) is 0 Å². The number of ether oxygens (including phenoxy) is 1. The molecule has 2 unspecified atom stereocenters. The van der Waals surface area contributed by atoms with E-state index in [0.29, 0.717) is 12.1 Å². The van der Waals surface area contributed by atoms with Crippen molar-refractivity contribution in [3.05, 3.63) is 35.4 Å². The maximum atomic E-state index is 6.05. The molecule has 0 fully saturated rings. The molecule has 0 bridgehead atoms. The molecule has 2 nitrogen and oxygen atoms in total. The average Bonchev–Trinajstić information content (AvgIpc) is 2.38. The molecule has 2 N–H and O–H groups in total. The fourth-order valence-corrected chi connectivity index (χ4v) is 2.68. The average molecular weight is 247 g/mol. The molecule has 0 saturated carbocycles. The maximum Gasteiger partial charge on any atom is 0.0827 e. The topological polar surface area (TPSA) is 35.2 Å². The fraction of sp³-hybridized carbons (Fsp3) is 0.625. The van der Waals surface area contributed by atoms with Crippen LogP contribution in [0.1, 0.15) is 56.3 Å². The van der Waals surface area contributed by atoms with E-state index in [-0.39, 0.29) is 0 Å². The molecule has 0 spiro atoms. The summed E-state index contributed by atoms with van der Waals surface area (Å²) in [6, 6.07) is 9.03. The van der Waals surface area contributed by atoms with Gasteiger partial charge in [-0.15, -0.1) is 0 Å². The van der Waals surface area contributed by atoms with E-state index >= 15 is 0 Å². The van der Waals surface area contributed by atoms with Gasteiger partial charge in [-0.05, 0) is 56.6 Å². The number of hydrogen-bond acceptors (Lipinski definition) is 2. The van der Waals surface area contributed by atoms with Crippen LogP contribution in [0.15, 0.2) is 24.3 Å². The number of unbranched alkanes of at least 4 members (excludes halogenated alkanes) is 1. The summed E-state index contributed by atoms with van der Waals surface area (Å²) in [5, 5.41) is 0. The number of benzene rings is 1. The molecule has 100 valence electrons. The van der Waals surface area contributed by atoms with Crippen LogP contribution in [0.3, 0.4) is 0 Å². The van der Waals surface area contributed by atoms with Crippen LogP contribution in [-0.2, 0) is 11.2 Å². The van der Waals surface area contributed by atoms with Crippen LogP contribution in [0.5, 0.6) is 0 Å². The number of rotatable bonds is 6. The van der Waals surface area contributed by atoms with E-state index in [1.165, 1.54) is 36.8 Å². The molecule has 18 heavy (non-hydrogen) atoms. The van der Waals surface area contributed by atoms with Gasteiger partial charge in [-0.3, -0.25) is 0 Å². The van der Waals surface area contributed by atoms with E-state index < -0.39 is 0 Å². The highest BCUT2D eigenvalue weighted by Gasteiger charge is 2.19. The monoisotopic (exact) mass is 247 g/mol. The largest absolute Gasteiger partial charge is 0.374 e. The molecule has 0 radical (unpaired) electrons. The summed E-state index contributed by atoms with van der Waals surface area (Å²) in [6.07, 6.45) is 7.36. The molecule has 2 atom stereocenters. The first-order valence-electron chi connectivity index (χ1n) is 7.22. The van der Waals surface area contributed by atoms with E-state index in [1.807, 2.05) is 0 Å². The minimum absolute atomic E-state index is 0.320. The zero-order chi connectivity index (χ0) is 12.8. The van der Waals surface area contributed by atoms with Gasteiger partial charge in [0.1, 0.15) is 0 Å². The van der Waals surface area contributed by atoms with E-state index in [9.17, 15) is 0 Å². The van der Waals surface area contributed by atoms with E-state index in [0.717, 1.165) is 19.4 Å². The molecular formula is C16H25NO. The van der Waals surface area contributed by atoms with Crippen LogP contribution in [0.2, 0.25) is 0 Å². The van der Waals surface area contributed by atoms with Crippen molar-refractivity contribution < 1.29 is 4.74 Å². The molecule has 0 saturated heterocycles. The zero-order valence-corrected chi connectivity index (χ0v) is 11.4. The Balaban J connectivity index is 1.77. The second-order valence-electron chi connectivity index (χ2n) is 5.42. The summed E-state index contributed by atoms with van der Waals surface area (Å²) in [5.41, 5.74) is 8.63. The molecule has 1 aromatic rings. The molecule has 0 heterocycles. The first-order chi connectivity index (χ1) is 8.77. The minimum Gasteiger partial charge on any atom is -0.374 e. The second-order valence-corrected chi connectivity index (χ2v) is 5.42. The lowest BCUT2D eigenvalue weighted by atomic mass is 9.89. The van der Waals surface area contributed by atoms with Gasteiger partial charge in [0, 0.05) is 12.6 Å². The third kappa shape index (κ3) is 3.82. The van der Waals surface area contributed by atoms with Crippen molar-refractivity contribution in [2.75, 3.05) is 6.61 Å². The van der Waals surface area contributed by atoms with E-state index in [1.54, 1.807) is 0 Å². The number of aryl methyl sites for hydroxylation is 1. The quantitative estimate of drug-likeness (QED) is 0.780. The van der Waals surface area contributed by atoms with Crippen molar-refractivity contribution in [1.29, 1.82) is 0 Å². The van der Waals surface area contributed by atoms with Crippen LogP contribution >= 0.6 is 0 Å². The van der Waals surface area contributed by atoms with Crippen LogP contribution in [0.25, 0.3) is 0 Å². The predicted molar refractivity (Wildman–Crippen MR) is 75.6 cm³/mol. The summed E-state index contributed by atoms with van der Waals surface area (Å²) in [4.78, 5) is 0. The molecule has 2 heteroatoms. The molecule has 0 aliphatic heterocycles.